The van der Waals surface area contributed by atoms with Crippen molar-refractivity contribution in [1.82, 2.24) is 10.3 Å². The van der Waals surface area contributed by atoms with Crippen molar-refractivity contribution in [2.24, 2.45) is 5.41 Å². The number of benzene rings is 1. The largest absolute Gasteiger partial charge is 0.343 e. The summed E-state index contributed by atoms with van der Waals surface area (Å²) in [5, 5.41) is 5.66. The molecule has 1 aliphatic carbocycles. The SMILES string of the molecule is CC1(C)CC(=O)c2sc(NC(=O)CNC(=O)c3ccccc3I)nc2C1. The molecule has 0 saturated carbocycles. The Labute approximate surface area is 168 Å². The Bertz CT molecular complexity index is 892. The van der Waals surface area contributed by atoms with Gasteiger partial charge in [-0.15, -0.1) is 0 Å². The number of aromatic nitrogens is 1. The van der Waals surface area contributed by atoms with E-state index in [1.807, 2.05) is 26.0 Å². The van der Waals surface area contributed by atoms with Gasteiger partial charge in [-0.25, -0.2) is 4.98 Å². The molecule has 6 nitrogen and oxygen atoms in total. The van der Waals surface area contributed by atoms with E-state index < -0.39 is 0 Å². The molecule has 3 rings (SSSR count). The fourth-order valence-electron chi connectivity index (χ4n) is 2.84. The molecule has 0 radical (unpaired) electrons. The molecule has 0 unspecified atom stereocenters. The number of carbonyl (C=O) groups is 3. The van der Waals surface area contributed by atoms with Gasteiger partial charge in [0.05, 0.1) is 22.7 Å². The summed E-state index contributed by atoms with van der Waals surface area (Å²) in [5.41, 5.74) is 1.16. The molecule has 1 aromatic carbocycles. The molecule has 0 spiro atoms. The minimum absolute atomic E-state index is 0.0706. The number of anilines is 1. The van der Waals surface area contributed by atoms with Crippen LogP contribution in [0, 0.1) is 8.99 Å². The lowest BCUT2D eigenvalue weighted by molar-refractivity contribution is -0.115. The Balaban J connectivity index is 1.60. The topological polar surface area (TPSA) is 88.2 Å². The zero-order chi connectivity index (χ0) is 18.9. The number of amides is 2. The van der Waals surface area contributed by atoms with Crippen LogP contribution in [0.25, 0.3) is 0 Å². The molecule has 0 bridgehead atoms. The Hall–Kier alpha value is -1.81. The van der Waals surface area contributed by atoms with Crippen LogP contribution < -0.4 is 10.6 Å². The third kappa shape index (κ3) is 4.29. The zero-order valence-corrected chi connectivity index (χ0v) is 17.4. The van der Waals surface area contributed by atoms with Crippen molar-refractivity contribution in [1.29, 1.82) is 0 Å². The normalized spacial score (nSPS) is 15.3. The fraction of sp³-hybridized carbons (Fsp3) is 0.333. The predicted octanol–water partition coefficient (Wildman–Crippen LogP) is 3.27. The van der Waals surface area contributed by atoms with Gasteiger partial charge in [0.1, 0.15) is 0 Å². The molecule has 2 amide bonds. The quantitative estimate of drug-likeness (QED) is 0.654. The monoisotopic (exact) mass is 483 g/mol. The highest BCUT2D eigenvalue weighted by molar-refractivity contribution is 14.1. The first-order valence-corrected chi connectivity index (χ1v) is 10.0. The molecule has 0 aliphatic heterocycles. The van der Waals surface area contributed by atoms with E-state index in [0.717, 1.165) is 9.26 Å². The average Bonchev–Trinajstić information content (AvgIpc) is 2.94. The summed E-state index contributed by atoms with van der Waals surface area (Å²) in [5.74, 6) is -0.608. The highest BCUT2D eigenvalue weighted by Gasteiger charge is 2.34. The number of carbonyl (C=O) groups excluding carboxylic acids is 3. The van der Waals surface area contributed by atoms with Gasteiger partial charge in [-0.2, -0.15) is 0 Å². The minimum atomic E-state index is -0.373. The number of hydrogen-bond donors (Lipinski definition) is 2. The summed E-state index contributed by atoms with van der Waals surface area (Å²) in [6.45, 7) is 3.91. The van der Waals surface area contributed by atoms with Crippen LogP contribution in [-0.2, 0) is 11.2 Å². The summed E-state index contributed by atoms with van der Waals surface area (Å²) in [6, 6.07) is 7.15. The van der Waals surface area contributed by atoms with E-state index in [4.69, 9.17) is 0 Å². The van der Waals surface area contributed by atoms with Gasteiger partial charge < -0.3 is 10.6 Å². The number of nitrogens with one attached hydrogen (secondary N) is 2. The maximum absolute atomic E-state index is 12.2. The molecule has 0 saturated heterocycles. The number of rotatable bonds is 4. The van der Waals surface area contributed by atoms with E-state index in [1.54, 1.807) is 12.1 Å². The summed E-state index contributed by atoms with van der Waals surface area (Å²) in [4.78, 5) is 41.5. The maximum Gasteiger partial charge on any atom is 0.252 e. The lowest BCUT2D eigenvalue weighted by atomic mass is 9.78. The number of nitrogens with zero attached hydrogens (tertiary/aromatic N) is 1. The third-order valence-electron chi connectivity index (χ3n) is 4.01. The molecule has 1 heterocycles. The molecule has 8 heteroatoms. The fourth-order valence-corrected chi connectivity index (χ4v) is 4.41. The van der Waals surface area contributed by atoms with E-state index in [2.05, 4.69) is 38.2 Å². The number of ketones is 1. The summed E-state index contributed by atoms with van der Waals surface area (Å²) in [7, 11) is 0. The molecule has 0 fully saturated rings. The first-order valence-electron chi connectivity index (χ1n) is 8.11. The molecule has 1 aromatic heterocycles. The van der Waals surface area contributed by atoms with Gasteiger partial charge in [-0.1, -0.05) is 37.3 Å². The van der Waals surface area contributed by atoms with Gasteiger partial charge in [-0.3, -0.25) is 14.4 Å². The zero-order valence-electron chi connectivity index (χ0n) is 14.4. The molecular formula is C18H18IN3O3S. The van der Waals surface area contributed by atoms with Crippen LogP contribution in [0.2, 0.25) is 0 Å². The second-order valence-corrected chi connectivity index (χ2v) is 9.11. The smallest absolute Gasteiger partial charge is 0.252 e. The van der Waals surface area contributed by atoms with Crippen LogP contribution in [0.3, 0.4) is 0 Å². The third-order valence-corrected chi connectivity index (χ3v) is 6.00. The second kappa shape index (κ2) is 7.43. The number of halogens is 1. The van der Waals surface area contributed by atoms with Gasteiger partial charge in [0, 0.05) is 9.99 Å². The van der Waals surface area contributed by atoms with E-state index in [9.17, 15) is 14.4 Å². The van der Waals surface area contributed by atoms with E-state index in [-0.39, 0.29) is 29.6 Å². The van der Waals surface area contributed by atoms with E-state index >= 15 is 0 Å². The van der Waals surface area contributed by atoms with Gasteiger partial charge >= 0.3 is 0 Å². The van der Waals surface area contributed by atoms with Crippen LogP contribution in [0.15, 0.2) is 24.3 Å². The van der Waals surface area contributed by atoms with Crippen LogP contribution >= 0.6 is 33.9 Å². The van der Waals surface area contributed by atoms with E-state index in [0.29, 0.717) is 28.4 Å². The van der Waals surface area contributed by atoms with Crippen LogP contribution in [0.1, 0.15) is 46.0 Å². The van der Waals surface area contributed by atoms with Gasteiger partial charge in [0.15, 0.2) is 10.9 Å². The van der Waals surface area contributed by atoms with Crippen molar-refractivity contribution in [3.63, 3.8) is 0 Å². The van der Waals surface area contributed by atoms with Crippen molar-refractivity contribution in [3.8, 4) is 0 Å². The summed E-state index contributed by atoms with van der Waals surface area (Å²) < 4.78 is 0.816. The van der Waals surface area contributed by atoms with Gasteiger partial charge in [0.2, 0.25) is 5.91 Å². The Morgan fingerprint density at radius 2 is 2.00 bits per heavy atom. The number of hydrogen-bond acceptors (Lipinski definition) is 5. The van der Waals surface area contributed by atoms with Crippen molar-refractivity contribution in [2.75, 3.05) is 11.9 Å². The van der Waals surface area contributed by atoms with Crippen molar-refractivity contribution >= 4 is 56.7 Å². The molecule has 136 valence electrons. The lowest BCUT2D eigenvalue weighted by Gasteiger charge is -2.26. The molecule has 2 aromatic rings. The molecule has 0 atom stereocenters. The van der Waals surface area contributed by atoms with Crippen molar-refractivity contribution in [3.05, 3.63) is 44.0 Å². The van der Waals surface area contributed by atoms with Crippen molar-refractivity contribution < 1.29 is 14.4 Å². The standard InChI is InChI=1S/C18H18IN3O3S/c1-18(2)7-12-15(13(23)8-18)26-17(21-12)22-14(24)9-20-16(25)10-5-3-4-6-11(10)19/h3-6H,7-9H2,1-2H3,(H,20,25)(H,21,22,24). The van der Waals surface area contributed by atoms with E-state index in [1.165, 1.54) is 11.3 Å². The molecule has 26 heavy (non-hydrogen) atoms. The van der Waals surface area contributed by atoms with Crippen molar-refractivity contribution in [2.45, 2.75) is 26.7 Å². The number of thiazole rings is 1. The van der Waals surface area contributed by atoms with Crippen LogP contribution in [-0.4, -0.2) is 29.1 Å². The van der Waals surface area contributed by atoms with Crippen LogP contribution in [0.4, 0.5) is 5.13 Å². The number of fused-ring (bicyclic) bond motifs is 1. The highest BCUT2D eigenvalue weighted by Crippen LogP contribution is 2.38. The second-order valence-electron chi connectivity index (χ2n) is 6.95. The molecule has 2 N–H and O–H groups in total. The Morgan fingerprint density at radius 3 is 2.73 bits per heavy atom. The lowest BCUT2D eigenvalue weighted by Crippen LogP contribution is -2.33. The predicted molar refractivity (Wildman–Crippen MR) is 109 cm³/mol. The summed E-state index contributed by atoms with van der Waals surface area (Å²) in [6.07, 6.45) is 1.20. The first kappa shape index (κ1) is 19.0. The Kier molecular flexibility index (Phi) is 5.42. The molecule has 1 aliphatic rings. The van der Waals surface area contributed by atoms with Gasteiger partial charge in [-0.05, 0) is 46.6 Å². The Morgan fingerprint density at radius 1 is 1.27 bits per heavy atom. The van der Waals surface area contributed by atoms with Crippen LogP contribution in [0.5, 0.6) is 0 Å². The van der Waals surface area contributed by atoms with Gasteiger partial charge in [0.25, 0.3) is 5.91 Å². The first-order chi connectivity index (χ1) is 12.2. The minimum Gasteiger partial charge on any atom is -0.343 e. The average molecular weight is 483 g/mol. The molecular weight excluding hydrogens is 465 g/mol. The maximum atomic E-state index is 12.2. The highest BCUT2D eigenvalue weighted by atomic mass is 127. The number of Topliss-reactive ketones (excluding diaryl/α,β-unsaturated/α-hetero) is 1. The summed E-state index contributed by atoms with van der Waals surface area (Å²) >= 11 is 3.27.